The lowest BCUT2D eigenvalue weighted by molar-refractivity contribution is -0.277. The first kappa shape index (κ1) is 21.5. The fourth-order valence-electron chi connectivity index (χ4n) is 1.34. The third kappa shape index (κ3) is 7.09. The van der Waals surface area contributed by atoms with Crippen LogP contribution in [0.5, 0.6) is 0 Å². The summed E-state index contributed by atoms with van der Waals surface area (Å²) in [5.74, 6) is -8.59. The minimum Gasteiger partial charge on any atom is -0.377 e. The van der Waals surface area contributed by atoms with Crippen molar-refractivity contribution >= 4 is 35.8 Å². The van der Waals surface area contributed by atoms with E-state index in [9.17, 15) is 33.9 Å². The van der Waals surface area contributed by atoms with Gasteiger partial charge in [-0.05, 0) is 6.92 Å². The summed E-state index contributed by atoms with van der Waals surface area (Å²) in [5.41, 5.74) is 2.15. The van der Waals surface area contributed by atoms with E-state index in [1.165, 1.54) is 6.92 Å². The second-order valence-corrected chi connectivity index (χ2v) is 5.00. The van der Waals surface area contributed by atoms with E-state index in [2.05, 4.69) is 29.3 Å². The smallest absolute Gasteiger partial charge is 0.377 e. The van der Waals surface area contributed by atoms with Gasteiger partial charge in [-0.1, -0.05) is 0 Å². The van der Waals surface area contributed by atoms with Crippen molar-refractivity contribution in [1.29, 1.82) is 0 Å². The maximum absolute atomic E-state index is 11.9. The van der Waals surface area contributed by atoms with E-state index in [4.69, 9.17) is 5.73 Å². The third-order valence-corrected chi connectivity index (χ3v) is 2.61. The van der Waals surface area contributed by atoms with Gasteiger partial charge in [0.15, 0.2) is 5.60 Å². The second-order valence-electron chi connectivity index (χ2n) is 5.00. The average molecular weight is 391 g/mol. The fourth-order valence-corrected chi connectivity index (χ4v) is 1.34. The van der Waals surface area contributed by atoms with Crippen LogP contribution in [0.1, 0.15) is 19.8 Å². The molecule has 1 aliphatic rings. The van der Waals surface area contributed by atoms with Crippen molar-refractivity contribution in [3.8, 4) is 0 Å². The molecule has 1 rings (SSSR count). The monoisotopic (exact) mass is 391 g/mol. The van der Waals surface area contributed by atoms with Crippen molar-refractivity contribution in [2.75, 3.05) is 0 Å². The molecule has 0 amide bonds. The Labute approximate surface area is 149 Å². The van der Waals surface area contributed by atoms with Gasteiger partial charge in [-0.25, -0.2) is 58.1 Å². The number of nitrogens with two attached hydrogens (primary N) is 1. The van der Waals surface area contributed by atoms with Gasteiger partial charge in [0, 0.05) is 12.2 Å². The second kappa shape index (κ2) is 9.25. The van der Waals surface area contributed by atoms with Crippen LogP contribution in [0.4, 0.5) is 0 Å². The van der Waals surface area contributed by atoms with Gasteiger partial charge in [0.05, 0.1) is 12.8 Å². The van der Waals surface area contributed by atoms with Gasteiger partial charge in [0.2, 0.25) is 0 Å². The summed E-state index contributed by atoms with van der Waals surface area (Å²) in [6.45, 7) is 1.22. The SMILES string of the molecule is CC(N)C(=O)OOC(=O)CC1(O)CC(=O)OOC(=O)/C=C\C(=O)OOC1=O. The molecule has 0 radical (unpaired) electrons. The Hall–Kier alpha value is -3.52. The average Bonchev–Trinajstić information content (AvgIpc) is 2.59. The highest BCUT2D eigenvalue weighted by molar-refractivity contribution is 5.93. The Morgan fingerprint density at radius 1 is 1.11 bits per heavy atom. The van der Waals surface area contributed by atoms with Crippen LogP contribution in [0.15, 0.2) is 12.2 Å². The Bertz CT molecular complexity index is 682. The fraction of sp³-hybridized carbons (Fsp3) is 0.385. The van der Waals surface area contributed by atoms with Crippen LogP contribution in [-0.2, 0) is 58.1 Å². The first-order valence-electron chi connectivity index (χ1n) is 6.95. The standard InChI is InChI=1S/C13H13NO13/c1-6(14)11(19)26-25-10(18)5-13(21)4-9(17)24-22-7(15)2-3-8(16)23-27-12(13)20/h2-3,6,21H,4-5,14H2,1H3/b3-2-. The van der Waals surface area contributed by atoms with Gasteiger partial charge in [-0.15, -0.1) is 0 Å². The molecule has 14 nitrogen and oxygen atoms in total. The van der Waals surface area contributed by atoms with Crippen molar-refractivity contribution in [2.24, 2.45) is 5.73 Å². The summed E-state index contributed by atoms with van der Waals surface area (Å²) in [6.07, 6.45) is -1.67. The van der Waals surface area contributed by atoms with Crippen LogP contribution >= 0.6 is 0 Å². The van der Waals surface area contributed by atoms with E-state index in [1.807, 2.05) is 0 Å². The zero-order valence-corrected chi connectivity index (χ0v) is 13.6. The third-order valence-electron chi connectivity index (χ3n) is 2.61. The van der Waals surface area contributed by atoms with E-state index in [1.54, 1.807) is 0 Å². The van der Waals surface area contributed by atoms with E-state index in [0.29, 0.717) is 12.2 Å². The molecule has 2 unspecified atom stereocenters. The predicted octanol–water partition coefficient (Wildman–Crippen LogP) is -2.58. The first-order valence-corrected chi connectivity index (χ1v) is 6.95. The number of rotatable bonds is 3. The molecule has 0 saturated heterocycles. The van der Waals surface area contributed by atoms with Crippen molar-refractivity contribution in [3.05, 3.63) is 12.2 Å². The molecule has 1 heterocycles. The molecule has 14 heteroatoms. The van der Waals surface area contributed by atoms with E-state index in [0.717, 1.165) is 0 Å². The van der Waals surface area contributed by atoms with Gasteiger partial charge >= 0.3 is 35.8 Å². The first-order chi connectivity index (χ1) is 12.5. The largest absolute Gasteiger partial charge is 0.387 e. The highest BCUT2D eigenvalue weighted by Crippen LogP contribution is 2.20. The molecule has 0 aromatic heterocycles. The number of carbonyl (C=O) groups excluding carboxylic acids is 6. The van der Waals surface area contributed by atoms with Crippen molar-refractivity contribution in [2.45, 2.75) is 31.4 Å². The van der Waals surface area contributed by atoms with Crippen LogP contribution < -0.4 is 5.73 Å². The molecule has 3 N–H and O–H groups in total. The van der Waals surface area contributed by atoms with Crippen LogP contribution in [0.25, 0.3) is 0 Å². The summed E-state index contributed by atoms with van der Waals surface area (Å²) in [5, 5.41) is 10.2. The Kier molecular flexibility index (Phi) is 7.38. The minimum absolute atomic E-state index is 0.450. The quantitative estimate of drug-likeness (QED) is 0.374. The summed E-state index contributed by atoms with van der Waals surface area (Å²) < 4.78 is 0. The molecule has 0 bridgehead atoms. The maximum atomic E-state index is 11.9. The molecule has 0 aromatic rings. The molecule has 0 fully saturated rings. The molecule has 0 spiro atoms. The van der Waals surface area contributed by atoms with Gasteiger partial charge in [0.25, 0.3) is 0 Å². The number of hydrogen-bond donors (Lipinski definition) is 2. The number of carbonyl (C=O) groups is 6. The summed E-state index contributed by atoms with van der Waals surface area (Å²) in [6, 6.07) is -1.15. The van der Waals surface area contributed by atoms with E-state index in [-0.39, 0.29) is 0 Å². The normalized spacial score (nSPS) is 23.2. The molecule has 27 heavy (non-hydrogen) atoms. The van der Waals surface area contributed by atoms with Crippen molar-refractivity contribution in [3.63, 3.8) is 0 Å². The zero-order chi connectivity index (χ0) is 20.6. The van der Waals surface area contributed by atoms with Gasteiger partial charge < -0.3 is 10.8 Å². The van der Waals surface area contributed by atoms with E-state index >= 15 is 0 Å². The van der Waals surface area contributed by atoms with Crippen LogP contribution in [0, 0.1) is 0 Å². The van der Waals surface area contributed by atoms with Gasteiger partial charge in [-0.2, -0.15) is 0 Å². The lowest BCUT2D eigenvalue weighted by atomic mass is 9.96. The molecule has 1 aliphatic heterocycles. The number of aliphatic hydroxyl groups is 1. The highest BCUT2D eigenvalue weighted by atomic mass is 17.2. The van der Waals surface area contributed by atoms with Crippen LogP contribution in [-0.4, -0.2) is 52.6 Å². The predicted molar refractivity (Wildman–Crippen MR) is 73.5 cm³/mol. The number of hydrogen-bond acceptors (Lipinski definition) is 14. The minimum atomic E-state index is -3.00. The topological polar surface area (TPSA) is 204 Å². The summed E-state index contributed by atoms with van der Waals surface area (Å²) in [4.78, 5) is 92.4. The molecule has 2 atom stereocenters. The Balaban J connectivity index is 2.89. The lowest BCUT2D eigenvalue weighted by Crippen LogP contribution is -2.45. The summed E-state index contributed by atoms with van der Waals surface area (Å²) >= 11 is 0. The van der Waals surface area contributed by atoms with Crippen molar-refractivity contribution < 1.29 is 63.2 Å². The molecular weight excluding hydrogens is 378 g/mol. The Morgan fingerprint density at radius 2 is 1.67 bits per heavy atom. The summed E-state index contributed by atoms with van der Waals surface area (Å²) in [7, 11) is 0. The van der Waals surface area contributed by atoms with Crippen molar-refractivity contribution in [1.82, 2.24) is 0 Å². The molecule has 0 aromatic carbocycles. The molecule has 0 aliphatic carbocycles. The highest BCUT2D eigenvalue weighted by Gasteiger charge is 2.46. The zero-order valence-electron chi connectivity index (χ0n) is 13.6. The van der Waals surface area contributed by atoms with Crippen LogP contribution in [0.2, 0.25) is 0 Å². The lowest BCUT2D eigenvalue weighted by Gasteiger charge is -2.21. The van der Waals surface area contributed by atoms with Gasteiger partial charge in [-0.3, -0.25) is 0 Å². The molecule has 148 valence electrons. The van der Waals surface area contributed by atoms with E-state index < -0.39 is 60.3 Å². The maximum Gasteiger partial charge on any atom is 0.387 e. The van der Waals surface area contributed by atoms with Crippen LogP contribution in [0.3, 0.4) is 0 Å². The molecule has 0 saturated carbocycles. The van der Waals surface area contributed by atoms with Gasteiger partial charge in [0.1, 0.15) is 6.04 Å². The Morgan fingerprint density at radius 3 is 2.22 bits per heavy atom. The molecular formula is C13H13NO13.